The fourth-order valence-electron chi connectivity index (χ4n) is 2.31. The molecule has 1 heterocycles. The molecule has 0 aliphatic heterocycles. The molecule has 0 saturated heterocycles. The molecule has 2 aromatic carbocycles. The van der Waals surface area contributed by atoms with E-state index >= 15 is 0 Å². The van der Waals surface area contributed by atoms with Crippen LogP contribution in [0, 0.1) is 0 Å². The van der Waals surface area contributed by atoms with E-state index in [4.69, 9.17) is 9.15 Å². The van der Waals surface area contributed by atoms with Crippen LogP contribution in [0.25, 0.3) is 11.0 Å². The number of para-hydroxylation sites is 2. The van der Waals surface area contributed by atoms with Crippen LogP contribution in [0.2, 0.25) is 0 Å². The zero-order valence-corrected chi connectivity index (χ0v) is 13.8. The number of hydrogen-bond acceptors (Lipinski definition) is 4. The summed E-state index contributed by atoms with van der Waals surface area (Å²) in [6, 6.07) is 16.7. The Balaban J connectivity index is 1.79. The molecule has 0 unspecified atom stereocenters. The molecule has 1 N–H and O–H groups in total. The third-order valence-corrected chi connectivity index (χ3v) is 3.56. The van der Waals surface area contributed by atoms with E-state index in [1.54, 1.807) is 6.07 Å². The smallest absolute Gasteiger partial charge is 0.291 e. The molecule has 1 aromatic heterocycles. The van der Waals surface area contributed by atoms with Crippen LogP contribution < -0.4 is 10.1 Å². The molecule has 5 nitrogen and oxygen atoms in total. The maximum atomic E-state index is 12.3. The lowest BCUT2D eigenvalue weighted by atomic mass is 10.2. The average molecular weight is 324 g/mol. The van der Waals surface area contributed by atoms with Crippen molar-refractivity contribution in [2.45, 2.75) is 0 Å². The number of hydrogen-bond donors (Lipinski definition) is 1. The second kappa shape index (κ2) is 7.19. The van der Waals surface area contributed by atoms with Crippen molar-refractivity contribution in [3.05, 3.63) is 60.4 Å². The van der Waals surface area contributed by atoms with Gasteiger partial charge in [0.25, 0.3) is 5.91 Å². The van der Waals surface area contributed by atoms with E-state index < -0.39 is 0 Å². The van der Waals surface area contributed by atoms with Gasteiger partial charge in [0.15, 0.2) is 17.1 Å². The summed E-state index contributed by atoms with van der Waals surface area (Å²) < 4.78 is 11.5. The first kappa shape index (κ1) is 16.1. The van der Waals surface area contributed by atoms with Gasteiger partial charge in [-0.15, -0.1) is 0 Å². The van der Waals surface area contributed by atoms with Crippen LogP contribution in [0.3, 0.4) is 0 Å². The number of nitrogens with zero attached hydrogens (tertiary/aromatic N) is 1. The number of likely N-dealkylation sites (N-methyl/N-ethyl adjacent to an activating group) is 1. The quantitative estimate of drug-likeness (QED) is 0.752. The molecule has 0 atom stereocenters. The minimum Gasteiger partial charge on any atom is -0.488 e. The van der Waals surface area contributed by atoms with Gasteiger partial charge in [-0.25, -0.2) is 0 Å². The van der Waals surface area contributed by atoms with Crippen LogP contribution in [0.15, 0.2) is 59.0 Å². The molecule has 0 bridgehead atoms. The summed E-state index contributed by atoms with van der Waals surface area (Å²) >= 11 is 0. The van der Waals surface area contributed by atoms with Gasteiger partial charge in [0, 0.05) is 17.6 Å². The Kier molecular flexibility index (Phi) is 4.82. The van der Waals surface area contributed by atoms with Crippen molar-refractivity contribution in [1.29, 1.82) is 0 Å². The highest BCUT2D eigenvalue weighted by molar-refractivity contribution is 6.05. The Morgan fingerprint density at radius 2 is 1.92 bits per heavy atom. The van der Waals surface area contributed by atoms with Gasteiger partial charge in [0.2, 0.25) is 0 Å². The number of furan rings is 1. The molecule has 0 radical (unpaired) electrons. The summed E-state index contributed by atoms with van der Waals surface area (Å²) in [6.07, 6.45) is 0. The Labute approximate surface area is 140 Å². The zero-order chi connectivity index (χ0) is 16.9. The second-order valence-electron chi connectivity index (χ2n) is 5.76. The van der Waals surface area contributed by atoms with Gasteiger partial charge in [-0.05, 0) is 38.4 Å². The van der Waals surface area contributed by atoms with Crippen molar-refractivity contribution in [2.75, 3.05) is 32.6 Å². The number of amides is 1. The second-order valence-corrected chi connectivity index (χ2v) is 5.76. The number of nitrogens with one attached hydrogen (secondary N) is 1. The van der Waals surface area contributed by atoms with E-state index in [2.05, 4.69) is 5.32 Å². The van der Waals surface area contributed by atoms with Crippen molar-refractivity contribution < 1.29 is 13.9 Å². The van der Waals surface area contributed by atoms with Crippen LogP contribution in [0.5, 0.6) is 5.75 Å². The van der Waals surface area contributed by atoms with Crippen LogP contribution in [0.4, 0.5) is 5.69 Å². The van der Waals surface area contributed by atoms with E-state index in [0.29, 0.717) is 17.9 Å². The van der Waals surface area contributed by atoms with Crippen molar-refractivity contribution in [2.24, 2.45) is 0 Å². The molecule has 0 spiro atoms. The third-order valence-electron chi connectivity index (χ3n) is 3.56. The summed E-state index contributed by atoms with van der Waals surface area (Å²) in [5.41, 5.74) is 1.32. The van der Waals surface area contributed by atoms with E-state index in [9.17, 15) is 4.79 Å². The van der Waals surface area contributed by atoms with Crippen LogP contribution >= 0.6 is 0 Å². The largest absolute Gasteiger partial charge is 0.488 e. The molecule has 3 rings (SSSR count). The van der Waals surface area contributed by atoms with Gasteiger partial charge < -0.3 is 19.4 Å². The molecule has 0 aliphatic carbocycles. The van der Waals surface area contributed by atoms with Crippen molar-refractivity contribution in [1.82, 2.24) is 4.90 Å². The standard InChI is InChI=1S/C19H20N2O3/c1-21(2)11-12-23-16-10-6-7-14-13-17(24-18(14)16)19(22)20-15-8-4-3-5-9-15/h3-10,13H,11-12H2,1-2H3,(H,20,22). The van der Waals surface area contributed by atoms with E-state index in [-0.39, 0.29) is 11.7 Å². The fraction of sp³-hybridized carbons (Fsp3) is 0.211. The number of fused-ring (bicyclic) bond motifs is 1. The molecule has 0 fully saturated rings. The topological polar surface area (TPSA) is 54.7 Å². The van der Waals surface area contributed by atoms with Crippen molar-refractivity contribution in [3.8, 4) is 5.75 Å². The first-order valence-corrected chi connectivity index (χ1v) is 7.80. The van der Waals surface area contributed by atoms with E-state index in [1.807, 2.05) is 67.5 Å². The Morgan fingerprint density at radius 1 is 1.12 bits per heavy atom. The van der Waals surface area contributed by atoms with Gasteiger partial charge in [-0.1, -0.05) is 30.3 Å². The van der Waals surface area contributed by atoms with E-state index in [1.165, 1.54) is 0 Å². The Bertz CT molecular complexity index is 825. The predicted molar refractivity (Wildman–Crippen MR) is 94.7 cm³/mol. The first-order chi connectivity index (χ1) is 11.6. The Hall–Kier alpha value is -2.79. The molecule has 0 aliphatic rings. The van der Waals surface area contributed by atoms with Gasteiger partial charge in [0.05, 0.1) is 0 Å². The number of rotatable bonds is 6. The number of carbonyl (C=O) groups excluding carboxylic acids is 1. The lowest BCUT2D eigenvalue weighted by Gasteiger charge is -2.10. The lowest BCUT2D eigenvalue weighted by Crippen LogP contribution is -2.19. The fourth-order valence-corrected chi connectivity index (χ4v) is 2.31. The SMILES string of the molecule is CN(C)CCOc1cccc2cc(C(=O)Nc3ccccc3)oc12. The predicted octanol–water partition coefficient (Wildman–Crippen LogP) is 3.63. The highest BCUT2D eigenvalue weighted by Crippen LogP contribution is 2.29. The van der Waals surface area contributed by atoms with Crippen LogP contribution in [-0.4, -0.2) is 38.1 Å². The summed E-state index contributed by atoms with van der Waals surface area (Å²) in [4.78, 5) is 14.4. The average Bonchev–Trinajstić information content (AvgIpc) is 3.01. The number of benzene rings is 2. The number of ether oxygens (including phenoxy) is 1. The normalized spacial score (nSPS) is 11.0. The molecule has 1 amide bonds. The molecule has 3 aromatic rings. The minimum absolute atomic E-state index is 0.262. The Morgan fingerprint density at radius 3 is 2.67 bits per heavy atom. The van der Waals surface area contributed by atoms with Crippen LogP contribution in [-0.2, 0) is 0 Å². The molecule has 0 saturated carbocycles. The van der Waals surface area contributed by atoms with Crippen molar-refractivity contribution >= 4 is 22.6 Å². The van der Waals surface area contributed by atoms with Gasteiger partial charge in [-0.3, -0.25) is 4.79 Å². The van der Waals surface area contributed by atoms with Crippen molar-refractivity contribution in [3.63, 3.8) is 0 Å². The lowest BCUT2D eigenvalue weighted by molar-refractivity contribution is 0.0998. The maximum absolute atomic E-state index is 12.3. The monoisotopic (exact) mass is 324 g/mol. The summed E-state index contributed by atoms with van der Waals surface area (Å²) in [5, 5.41) is 3.66. The molecular weight excluding hydrogens is 304 g/mol. The number of anilines is 1. The third kappa shape index (κ3) is 3.75. The molecule has 5 heteroatoms. The molecule has 24 heavy (non-hydrogen) atoms. The van der Waals surface area contributed by atoms with Crippen LogP contribution in [0.1, 0.15) is 10.6 Å². The van der Waals surface area contributed by atoms with Gasteiger partial charge in [-0.2, -0.15) is 0 Å². The zero-order valence-electron chi connectivity index (χ0n) is 13.8. The minimum atomic E-state index is -0.281. The summed E-state index contributed by atoms with van der Waals surface area (Å²) in [6.45, 7) is 1.36. The molecular formula is C19H20N2O3. The summed E-state index contributed by atoms with van der Waals surface area (Å²) in [7, 11) is 3.98. The van der Waals surface area contributed by atoms with Gasteiger partial charge >= 0.3 is 0 Å². The highest BCUT2D eigenvalue weighted by atomic mass is 16.5. The van der Waals surface area contributed by atoms with E-state index in [0.717, 1.165) is 17.6 Å². The summed E-state index contributed by atoms with van der Waals surface area (Å²) in [5.74, 6) is 0.627. The maximum Gasteiger partial charge on any atom is 0.291 e. The molecule has 124 valence electrons. The first-order valence-electron chi connectivity index (χ1n) is 7.80. The number of carbonyl (C=O) groups is 1. The highest BCUT2D eigenvalue weighted by Gasteiger charge is 2.15. The van der Waals surface area contributed by atoms with Gasteiger partial charge in [0.1, 0.15) is 6.61 Å².